The fraction of sp³-hybridized carbons (Fsp3) is 0.727. The number of rotatable bonds is 3. The second kappa shape index (κ2) is 7.17. The summed E-state index contributed by atoms with van der Waals surface area (Å²) in [6.07, 6.45) is 11.6. The van der Waals surface area contributed by atoms with Gasteiger partial charge in [-0.05, 0) is 73.8 Å². The zero-order chi connectivity index (χ0) is 16.4. The normalized spacial score (nSPS) is 30.7. The highest BCUT2D eigenvalue weighted by Crippen LogP contribution is 2.46. The Labute approximate surface area is 146 Å². The summed E-state index contributed by atoms with van der Waals surface area (Å²) in [5.41, 5.74) is 3.03. The molecular weight excluding hydrogens is 296 g/mol. The molecule has 0 N–H and O–H groups in total. The Morgan fingerprint density at radius 3 is 2.00 bits per heavy atom. The zero-order valence-corrected chi connectivity index (χ0v) is 15.1. The number of hydrogen-bond donors (Lipinski definition) is 0. The summed E-state index contributed by atoms with van der Waals surface area (Å²) in [7, 11) is 0. The molecular formula is C22H32O2. The Bertz CT molecular complexity index is 511. The Kier molecular flexibility index (Phi) is 4.96. The van der Waals surface area contributed by atoms with Crippen molar-refractivity contribution in [2.24, 2.45) is 11.8 Å². The van der Waals surface area contributed by atoms with Gasteiger partial charge in [0.15, 0.2) is 5.79 Å². The highest BCUT2D eigenvalue weighted by molar-refractivity contribution is 5.25. The lowest BCUT2D eigenvalue weighted by Crippen LogP contribution is -2.37. The third-order valence-electron chi connectivity index (χ3n) is 6.90. The van der Waals surface area contributed by atoms with Crippen LogP contribution in [0, 0.1) is 11.8 Å². The number of hydrogen-bond acceptors (Lipinski definition) is 2. The van der Waals surface area contributed by atoms with Crippen LogP contribution in [0.5, 0.6) is 0 Å². The van der Waals surface area contributed by atoms with Crippen molar-refractivity contribution in [1.82, 2.24) is 0 Å². The summed E-state index contributed by atoms with van der Waals surface area (Å²) < 4.78 is 11.8. The number of benzene rings is 1. The first-order chi connectivity index (χ1) is 11.8. The minimum Gasteiger partial charge on any atom is -0.348 e. The minimum absolute atomic E-state index is 0.186. The maximum absolute atomic E-state index is 5.89. The van der Waals surface area contributed by atoms with E-state index in [2.05, 4.69) is 31.2 Å². The van der Waals surface area contributed by atoms with E-state index in [4.69, 9.17) is 9.47 Å². The van der Waals surface area contributed by atoms with E-state index in [9.17, 15) is 0 Å². The van der Waals surface area contributed by atoms with Crippen molar-refractivity contribution < 1.29 is 9.47 Å². The van der Waals surface area contributed by atoms with Gasteiger partial charge in [-0.25, -0.2) is 0 Å². The second-order valence-electron chi connectivity index (χ2n) is 8.15. The fourth-order valence-corrected chi connectivity index (χ4v) is 5.29. The second-order valence-corrected chi connectivity index (χ2v) is 8.15. The van der Waals surface area contributed by atoms with Gasteiger partial charge in [-0.3, -0.25) is 0 Å². The molecule has 24 heavy (non-hydrogen) atoms. The third-order valence-corrected chi connectivity index (χ3v) is 6.90. The number of ether oxygens (including phenoxy) is 2. The molecule has 0 bridgehead atoms. The van der Waals surface area contributed by atoms with E-state index < -0.39 is 0 Å². The molecule has 0 aromatic heterocycles. The van der Waals surface area contributed by atoms with Crippen molar-refractivity contribution in [2.75, 3.05) is 13.2 Å². The molecule has 1 spiro atoms. The Hall–Kier alpha value is -0.860. The Morgan fingerprint density at radius 1 is 0.833 bits per heavy atom. The summed E-state index contributed by atoms with van der Waals surface area (Å²) >= 11 is 0. The highest BCUT2D eigenvalue weighted by atomic mass is 16.7. The molecule has 2 aliphatic carbocycles. The summed E-state index contributed by atoms with van der Waals surface area (Å²) in [6, 6.07) is 9.40. The van der Waals surface area contributed by atoms with Gasteiger partial charge in [-0.2, -0.15) is 0 Å². The first-order valence-corrected chi connectivity index (χ1v) is 10.1. The van der Waals surface area contributed by atoms with Crippen LogP contribution in [0.15, 0.2) is 24.3 Å². The fourth-order valence-electron chi connectivity index (χ4n) is 5.29. The van der Waals surface area contributed by atoms with Crippen LogP contribution in [0.25, 0.3) is 0 Å². The maximum atomic E-state index is 5.89. The molecule has 0 atom stereocenters. The van der Waals surface area contributed by atoms with Gasteiger partial charge in [0.1, 0.15) is 0 Å². The van der Waals surface area contributed by atoms with Crippen molar-refractivity contribution in [1.29, 1.82) is 0 Å². The predicted octanol–water partition coefficient (Wildman–Crippen LogP) is 5.46. The maximum Gasteiger partial charge on any atom is 0.168 e. The molecule has 3 fully saturated rings. The molecule has 132 valence electrons. The molecule has 1 saturated heterocycles. The first-order valence-electron chi connectivity index (χ1n) is 10.1. The molecule has 4 rings (SSSR count). The third kappa shape index (κ3) is 3.41. The van der Waals surface area contributed by atoms with Crippen LogP contribution >= 0.6 is 0 Å². The Balaban J connectivity index is 1.28. The Morgan fingerprint density at radius 2 is 1.42 bits per heavy atom. The summed E-state index contributed by atoms with van der Waals surface area (Å²) in [4.78, 5) is 0. The molecule has 1 aromatic carbocycles. The monoisotopic (exact) mass is 328 g/mol. The molecule has 0 unspecified atom stereocenters. The van der Waals surface area contributed by atoms with Gasteiger partial charge >= 0.3 is 0 Å². The molecule has 2 heteroatoms. The van der Waals surface area contributed by atoms with Crippen LogP contribution in [0.1, 0.15) is 75.3 Å². The molecule has 3 aliphatic rings. The van der Waals surface area contributed by atoms with E-state index in [1.807, 2.05) is 0 Å². The highest BCUT2D eigenvalue weighted by Gasteiger charge is 2.42. The molecule has 1 heterocycles. The van der Waals surface area contributed by atoms with Gasteiger partial charge in [-0.15, -0.1) is 0 Å². The summed E-state index contributed by atoms with van der Waals surface area (Å²) in [6.45, 7) is 3.83. The van der Waals surface area contributed by atoms with Crippen LogP contribution in [0.3, 0.4) is 0 Å². The lowest BCUT2D eigenvalue weighted by atomic mass is 9.69. The van der Waals surface area contributed by atoms with Crippen molar-refractivity contribution in [3.8, 4) is 0 Å². The zero-order valence-electron chi connectivity index (χ0n) is 15.1. The summed E-state index contributed by atoms with van der Waals surface area (Å²) in [5, 5.41) is 0. The quantitative estimate of drug-likeness (QED) is 0.734. The van der Waals surface area contributed by atoms with Crippen LogP contribution < -0.4 is 0 Å². The molecule has 0 radical (unpaired) electrons. The first kappa shape index (κ1) is 16.6. The van der Waals surface area contributed by atoms with Crippen molar-refractivity contribution in [3.63, 3.8) is 0 Å². The van der Waals surface area contributed by atoms with E-state index in [1.165, 1.54) is 44.1 Å². The minimum atomic E-state index is -0.186. The van der Waals surface area contributed by atoms with Gasteiger partial charge in [-0.1, -0.05) is 31.2 Å². The number of aryl methyl sites for hydroxylation is 1. The average molecular weight is 328 g/mol. The van der Waals surface area contributed by atoms with E-state index in [0.717, 1.165) is 50.2 Å². The van der Waals surface area contributed by atoms with E-state index in [0.29, 0.717) is 0 Å². The summed E-state index contributed by atoms with van der Waals surface area (Å²) in [5.74, 6) is 2.46. The van der Waals surface area contributed by atoms with Crippen LogP contribution in [-0.2, 0) is 15.9 Å². The smallest absolute Gasteiger partial charge is 0.168 e. The molecule has 1 aliphatic heterocycles. The van der Waals surface area contributed by atoms with Crippen LogP contribution in [0.2, 0.25) is 0 Å². The molecule has 1 aromatic rings. The van der Waals surface area contributed by atoms with E-state index in [-0.39, 0.29) is 5.79 Å². The topological polar surface area (TPSA) is 18.5 Å². The SMILES string of the molecule is CCc1ccc([C@H]2CC[C@H](C3CCC4(CC3)OCCO4)CC2)cc1. The van der Waals surface area contributed by atoms with Crippen molar-refractivity contribution in [2.45, 2.75) is 76.4 Å². The van der Waals surface area contributed by atoms with Gasteiger partial charge in [0.05, 0.1) is 13.2 Å². The van der Waals surface area contributed by atoms with Gasteiger partial charge in [0.2, 0.25) is 0 Å². The lowest BCUT2D eigenvalue weighted by Gasteiger charge is -2.41. The molecule has 2 nitrogen and oxygen atoms in total. The van der Waals surface area contributed by atoms with E-state index >= 15 is 0 Å². The van der Waals surface area contributed by atoms with Crippen molar-refractivity contribution >= 4 is 0 Å². The van der Waals surface area contributed by atoms with Crippen LogP contribution in [-0.4, -0.2) is 19.0 Å². The largest absolute Gasteiger partial charge is 0.348 e. The molecule has 2 saturated carbocycles. The van der Waals surface area contributed by atoms with Crippen molar-refractivity contribution in [3.05, 3.63) is 35.4 Å². The van der Waals surface area contributed by atoms with Crippen LogP contribution in [0.4, 0.5) is 0 Å². The lowest BCUT2D eigenvalue weighted by molar-refractivity contribution is -0.185. The average Bonchev–Trinajstić information content (AvgIpc) is 3.11. The van der Waals surface area contributed by atoms with Gasteiger partial charge < -0.3 is 9.47 Å². The predicted molar refractivity (Wildman–Crippen MR) is 97.1 cm³/mol. The van der Waals surface area contributed by atoms with E-state index in [1.54, 1.807) is 5.56 Å². The molecule has 0 amide bonds. The van der Waals surface area contributed by atoms with Gasteiger partial charge in [0, 0.05) is 12.8 Å². The van der Waals surface area contributed by atoms with Gasteiger partial charge in [0.25, 0.3) is 0 Å². The standard InChI is InChI=1S/C22H32O2/c1-2-17-3-5-18(6-4-17)19-7-9-20(10-8-19)21-11-13-22(14-12-21)23-15-16-24-22/h3-6,19-21H,2,7-16H2,1H3/t19-,20-.